The maximum Gasteiger partial charge on any atom is 0.0191 e. The SMILES string of the molecule is C/C=C\N(/C=C\NC)CC. The van der Waals surface area contributed by atoms with Crippen molar-refractivity contribution in [3.05, 3.63) is 24.7 Å². The fourth-order valence-corrected chi connectivity index (χ4v) is 0.622. The van der Waals surface area contributed by atoms with Crippen LogP contribution in [0.5, 0.6) is 0 Å². The minimum atomic E-state index is 1.00. The van der Waals surface area contributed by atoms with Gasteiger partial charge in [-0.15, -0.1) is 0 Å². The Balaban J connectivity index is 3.70. The largest absolute Gasteiger partial charge is 0.393 e. The van der Waals surface area contributed by atoms with Gasteiger partial charge in [0.05, 0.1) is 0 Å². The van der Waals surface area contributed by atoms with Crippen LogP contribution >= 0.6 is 0 Å². The number of allylic oxidation sites excluding steroid dienone is 1. The first-order valence-electron chi connectivity index (χ1n) is 3.57. The average molecular weight is 140 g/mol. The van der Waals surface area contributed by atoms with E-state index in [2.05, 4.69) is 17.1 Å². The third kappa shape index (κ3) is 4.01. The molecule has 0 aromatic carbocycles. The quantitative estimate of drug-likeness (QED) is 0.637. The van der Waals surface area contributed by atoms with Gasteiger partial charge in [0.25, 0.3) is 0 Å². The average Bonchev–Trinajstić information content (AvgIpc) is 1.98. The minimum Gasteiger partial charge on any atom is -0.393 e. The van der Waals surface area contributed by atoms with E-state index in [0.717, 1.165) is 6.54 Å². The molecule has 0 aliphatic carbocycles. The Bertz CT molecular complexity index is 116. The molecule has 0 saturated heterocycles. The van der Waals surface area contributed by atoms with Gasteiger partial charge in [0, 0.05) is 26.0 Å². The summed E-state index contributed by atoms with van der Waals surface area (Å²) in [5, 5.41) is 2.93. The van der Waals surface area contributed by atoms with Crippen molar-refractivity contribution in [3.63, 3.8) is 0 Å². The minimum absolute atomic E-state index is 1.00. The zero-order chi connectivity index (χ0) is 7.82. The van der Waals surface area contributed by atoms with Crippen molar-refractivity contribution in [2.24, 2.45) is 0 Å². The Hall–Kier alpha value is -0.920. The first-order valence-corrected chi connectivity index (χ1v) is 3.57. The standard InChI is InChI=1S/C8H16N2/c1-4-7-10(5-2)8-6-9-3/h4,6-9H,5H2,1-3H3/b7-4-,8-6-. The zero-order valence-electron chi connectivity index (χ0n) is 6.96. The van der Waals surface area contributed by atoms with E-state index in [1.54, 1.807) is 0 Å². The summed E-state index contributed by atoms with van der Waals surface area (Å²) in [6.07, 6.45) is 7.96. The maximum atomic E-state index is 2.93. The molecule has 0 aliphatic rings. The van der Waals surface area contributed by atoms with Gasteiger partial charge in [-0.25, -0.2) is 0 Å². The van der Waals surface area contributed by atoms with Gasteiger partial charge in [-0.2, -0.15) is 0 Å². The summed E-state index contributed by atoms with van der Waals surface area (Å²) in [6.45, 7) is 5.12. The number of hydrogen-bond donors (Lipinski definition) is 1. The second-order valence-corrected chi connectivity index (χ2v) is 1.92. The lowest BCUT2D eigenvalue weighted by Gasteiger charge is -2.10. The summed E-state index contributed by atoms with van der Waals surface area (Å²) in [6, 6.07) is 0. The van der Waals surface area contributed by atoms with Gasteiger partial charge in [0.1, 0.15) is 0 Å². The lowest BCUT2D eigenvalue weighted by Crippen LogP contribution is -2.09. The van der Waals surface area contributed by atoms with E-state index in [1.165, 1.54) is 0 Å². The second-order valence-electron chi connectivity index (χ2n) is 1.92. The molecule has 0 aromatic rings. The normalized spacial score (nSPS) is 11.1. The molecule has 0 unspecified atom stereocenters. The molecule has 0 radical (unpaired) electrons. The van der Waals surface area contributed by atoms with Crippen molar-refractivity contribution in [2.75, 3.05) is 13.6 Å². The predicted octanol–water partition coefficient (Wildman–Crippen LogP) is 1.53. The Morgan fingerprint density at radius 2 is 2.10 bits per heavy atom. The summed E-state index contributed by atoms with van der Waals surface area (Å²) < 4.78 is 0. The summed E-state index contributed by atoms with van der Waals surface area (Å²) in [7, 11) is 1.89. The molecule has 0 bridgehead atoms. The van der Waals surface area contributed by atoms with E-state index in [1.807, 2.05) is 38.6 Å². The van der Waals surface area contributed by atoms with Crippen molar-refractivity contribution >= 4 is 0 Å². The van der Waals surface area contributed by atoms with Crippen molar-refractivity contribution in [1.29, 1.82) is 0 Å². The van der Waals surface area contributed by atoms with Crippen LogP contribution in [-0.4, -0.2) is 18.5 Å². The van der Waals surface area contributed by atoms with Gasteiger partial charge in [-0.05, 0) is 20.0 Å². The van der Waals surface area contributed by atoms with E-state index in [4.69, 9.17) is 0 Å². The van der Waals surface area contributed by atoms with Gasteiger partial charge in [-0.1, -0.05) is 6.08 Å². The number of hydrogen-bond acceptors (Lipinski definition) is 2. The monoisotopic (exact) mass is 140 g/mol. The fraction of sp³-hybridized carbons (Fsp3) is 0.500. The molecule has 2 heteroatoms. The molecule has 1 N–H and O–H groups in total. The molecule has 0 amide bonds. The molecule has 0 heterocycles. The number of rotatable bonds is 4. The third-order valence-corrected chi connectivity index (χ3v) is 1.14. The highest BCUT2D eigenvalue weighted by atomic mass is 15.1. The first kappa shape index (κ1) is 9.08. The first-order chi connectivity index (χ1) is 4.85. The molecule has 0 aromatic heterocycles. The van der Waals surface area contributed by atoms with Crippen LogP contribution in [0, 0.1) is 0 Å². The highest BCUT2D eigenvalue weighted by molar-refractivity contribution is 4.88. The molecule has 0 atom stereocenters. The summed E-state index contributed by atoms with van der Waals surface area (Å²) in [5.74, 6) is 0. The van der Waals surface area contributed by atoms with Crippen LogP contribution in [0.25, 0.3) is 0 Å². The van der Waals surface area contributed by atoms with Crippen LogP contribution in [0.15, 0.2) is 24.7 Å². The van der Waals surface area contributed by atoms with Gasteiger partial charge in [0.15, 0.2) is 0 Å². The van der Waals surface area contributed by atoms with Crippen LogP contribution in [0.1, 0.15) is 13.8 Å². The summed E-state index contributed by atoms with van der Waals surface area (Å²) in [5.41, 5.74) is 0. The van der Waals surface area contributed by atoms with Crippen molar-refractivity contribution in [2.45, 2.75) is 13.8 Å². The van der Waals surface area contributed by atoms with E-state index in [9.17, 15) is 0 Å². The van der Waals surface area contributed by atoms with Crippen molar-refractivity contribution in [3.8, 4) is 0 Å². The van der Waals surface area contributed by atoms with Crippen LogP contribution in [0.2, 0.25) is 0 Å². The van der Waals surface area contributed by atoms with Gasteiger partial charge >= 0.3 is 0 Å². The Kier molecular flexibility index (Phi) is 5.63. The lowest BCUT2D eigenvalue weighted by molar-refractivity contribution is 0.533. The molecule has 0 fully saturated rings. The Morgan fingerprint density at radius 3 is 2.50 bits per heavy atom. The Morgan fingerprint density at radius 1 is 1.40 bits per heavy atom. The third-order valence-electron chi connectivity index (χ3n) is 1.14. The van der Waals surface area contributed by atoms with Crippen LogP contribution in [-0.2, 0) is 0 Å². The highest BCUT2D eigenvalue weighted by Crippen LogP contribution is 1.88. The maximum absolute atomic E-state index is 2.93. The molecule has 0 aliphatic heterocycles. The van der Waals surface area contributed by atoms with E-state index < -0.39 is 0 Å². The molecular formula is C8H16N2. The topological polar surface area (TPSA) is 15.3 Å². The molecule has 2 nitrogen and oxygen atoms in total. The highest BCUT2D eigenvalue weighted by Gasteiger charge is 1.83. The van der Waals surface area contributed by atoms with Gasteiger partial charge in [0.2, 0.25) is 0 Å². The smallest absolute Gasteiger partial charge is 0.0191 e. The summed E-state index contributed by atoms with van der Waals surface area (Å²) >= 11 is 0. The van der Waals surface area contributed by atoms with Gasteiger partial charge in [-0.3, -0.25) is 0 Å². The zero-order valence-corrected chi connectivity index (χ0v) is 6.96. The Labute approximate surface area is 63.2 Å². The second kappa shape index (κ2) is 6.20. The van der Waals surface area contributed by atoms with E-state index in [-0.39, 0.29) is 0 Å². The van der Waals surface area contributed by atoms with Crippen molar-refractivity contribution in [1.82, 2.24) is 10.2 Å². The predicted molar refractivity (Wildman–Crippen MR) is 45.4 cm³/mol. The molecule has 0 spiro atoms. The molecule has 10 heavy (non-hydrogen) atoms. The van der Waals surface area contributed by atoms with E-state index >= 15 is 0 Å². The van der Waals surface area contributed by atoms with Gasteiger partial charge < -0.3 is 10.2 Å². The molecule has 0 rings (SSSR count). The van der Waals surface area contributed by atoms with Crippen LogP contribution < -0.4 is 5.32 Å². The summed E-state index contributed by atoms with van der Waals surface area (Å²) in [4.78, 5) is 2.09. The molecular weight excluding hydrogens is 124 g/mol. The number of nitrogens with one attached hydrogen (secondary N) is 1. The number of nitrogens with zero attached hydrogens (tertiary/aromatic N) is 1. The van der Waals surface area contributed by atoms with Crippen LogP contribution in [0.3, 0.4) is 0 Å². The lowest BCUT2D eigenvalue weighted by atomic mass is 10.5. The van der Waals surface area contributed by atoms with Crippen molar-refractivity contribution < 1.29 is 0 Å². The van der Waals surface area contributed by atoms with E-state index in [0.29, 0.717) is 0 Å². The molecule has 58 valence electrons. The molecule has 0 saturated carbocycles. The van der Waals surface area contributed by atoms with Crippen LogP contribution in [0.4, 0.5) is 0 Å². The fourth-order valence-electron chi connectivity index (χ4n) is 0.622.